The summed E-state index contributed by atoms with van der Waals surface area (Å²) in [4.78, 5) is 31.4. The van der Waals surface area contributed by atoms with Crippen LogP contribution in [0, 0.1) is 6.92 Å². The van der Waals surface area contributed by atoms with Gasteiger partial charge in [-0.25, -0.2) is 18.2 Å². The van der Waals surface area contributed by atoms with Gasteiger partial charge in [-0.2, -0.15) is 4.31 Å². The number of aliphatic carboxylic acids is 1. The van der Waals surface area contributed by atoms with Crippen molar-refractivity contribution in [2.45, 2.75) is 62.2 Å². The number of rotatable bonds is 14. The van der Waals surface area contributed by atoms with Gasteiger partial charge in [-0.05, 0) is 108 Å². The van der Waals surface area contributed by atoms with Crippen LogP contribution in [0.1, 0.15) is 46.5 Å². The molecule has 3 atom stereocenters. The van der Waals surface area contributed by atoms with Crippen molar-refractivity contribution >= 4 is 73.2 Å². The third-order valence-corrected chi connectivity index (χ3v) is 15.3. The second kappa shape index (κ2) is 18.8. The second-order valence-electron chi connectivity index (χ2n) is 15.1. The Morgan fingerprint density at radius 1 is 0.905 bits per heavy atom. The van der Waals surface area contributed by atoms with Crippen molar-refractivity contribution in [2.75, 3.05) is 18.5 Å². The lowest BCUT2D eigenvalue weighted by Crippen LogP contribution is -2.55. The van der Waals surface area contributed by atoms with Gasteiger partial charge in [0, 0.05) is 24.5 Å². The van der Waals surface area contributed by atoms with Crippen LogP contribution in [-0.2, 0) is 45.6 Å². The van der Waals surface area contributed by atoms with E-state index in [1.807, 2.05) is 61.5 Å². The maximum absolute atomic E-state index is 14.6. The van der Waals surface area contributed by atoms with E-state index in [0.29, 0.717) is 67.3 Å². The van der Waals surface area contributed by atoms with E-state index in [4.69, 9.17) is 49.0 Å². The summed E-state index contributed by atoms with van der Waals surface area (Å²) in [7, 11) is -4.35. The number of carboxylic acids is 1. The molecular formula is C46H41Cl3N4O8S2. The summed E-state index contributed by atoms with van der Waals surface area (Å²) in [5.41, 5.74) is 5.79. The Labute approximate surface area is 383 Å². The molecule has 6 aromatic rings. The Kier molecular flexibility index (Phi) is 13.2. The number of carboxylic acid groups (broad SMARTS) is 1. The fraction of sp³-hybridized carbons (Fsp3) is 0.239. The van der Waals surface area contributed by atoms with Gasteiger partial charge in [0.25, 0.3) is 10.0 Å². The summed E-state index contributed by atoms with van der Waals surface area (Å²) in [6.45, 7) is 4.31. The van der Waals surface area contributed by atoms with Crippen molar-refractivity contribution in [1.29, 1.82) is 0 Å². The average Bonchev–Trinajstić information content (AvgIpc) is 3.66. The lowest BCUT2D eigenvalue weighted by atomic mass is 9.94. The lowest BCUT2D eigenvalue weighted by Gasteiger charge is -2.36. The molecule has 8 rings (SSSR count). The molecule has 1 aromatic heterocycles. The maximum atomic E-state index is 14.6. The second-order valence-corrected chi connectivity index (χ2v) is 19.4. The van der Waals surface area contributed by atoms with Crippen molar-refractivity contribution in [3.8, 4) is 28.4 Å². The van der Waals surface area contributed by atoms with Crippen molar-refractivity contribution < 1.29 is 37.3 Å². The third-order valence-electron chi connectivity index (χ3n) is 10.8. The Morgan fingerprint density at radius 3 is 2.27 bits per heavy atom. The number of nitrogens with zero attached hydrogens (tertiary/aromatic N) is 2. The van der Waals surface area contributed by atoms with Gasteiger partial charge in [0.2, 0.25) is 5.91 Å². The van der Waals surface area contributed by atoms with Crippen LogP contribution in [0.2, 0.25) is 15.1 Å². The summed E-state index contributed by atoms with van der Waals surface area (Å²) in [5, 5.41) is 18.0. The van der Waals surface area contributed by atoms with Gasteiger partial charge in [0.15, 0.2) is 26.9 Å². The first kappa shape index (κ1) is 44.3. The number of carbonyl (C=O) groups is 2. The predicted molar refractivity (Wildman–Crippen MR) is 244 cm³/mol. The molecule has 0 bridgehead atoms. The van der Waals surface area contributed by atoms with Crippen molar-refractivity contribution in [3.63, 3.8) is 0 Å². The minimum Gasteiger partial charge on any atom is -0.489 e. The molecule has 5 aromatic carbocycles. The molecule has 0 aliphatic carbocycles. The quantitative estimate of drug-likeness (QED) is 0.0962. The number of fused-ring (bicyclic) bond motifs is 2. The number of sulfonamides is 1. The molecule has 0 saturated carbocycles. The van der Waals surface area contributed by atoms with E-state index in [1.54, 1.807) is 55.5 Å². The van der Waals surface area contributed by atoms with Crippen LogP contribution in [0.15, 0.2) is 107 Å². The lowest BCUT2D eigenvalue weighted by molar-refractivity contribution is -0.142. The highest BCUT2D eigenvalue weighted by Crippen LogP contribution is 2.42. The molecule has 0 radical (unpaired) electrons. The number of anilines is 1. The molecule has 2 aliphatic rings. The van der Waals surface area contributed by atoms with Gasteiger partial charge in [0.05, 0.1) is 15.7 Å². The summed E-state index contributed by atoms with van der Waals surface area (Å²) in [6.07, 6.45) is -0.566. The molecule has 3 heterocycles. The number of thiazole rings is 1. The van der Waals surface area contributed by atoms with Gasteiger partial charge >= 0.3 is 5.97 Å². The summed E-state index contributed by atoms with van der Waals surface area (Å²) < 4.78 is 49.0. The van der Waals surface area contributed by atoms with E-state index in [-0.39, 0.29) is 35.9 Å². The number of halogens is 3. The maximum Gasteiger partial charge on any atom is 0.326 e. The molecule has 12 nitrogen and oxygen atoms in total. The van der Waals surface area contributed by atoms with Gasteiger partial charge in [-0.15, -0.1) is 0 Å². The minimum absolute atomic E-state index is 0.0164. The normalized spacial score (nSPS) is 16.5. The number of carbonyl (C=O) groups excluding carboxylic acids is 1. The molecule has 0 saturated heterocycles. The third kappa shape index (κ3) is 9.91. The minimum atomic E-state index is -4.35. The molecular weight excluding hydrogens is 907 g/mol. The average molecular weight is 948 g/mol. The van der Waals surface area contributed by atoms with Crippen LogP contribution in [0.4, 0.5) is 5.13 Å². The molecule has 0 spiro atoms. The van der Waals surface area contributed by atoms with Crippen LogP contribution in [0.5, 0.6) is 17.2 Å². The van der Waals surface area contributed by atoms with E-state index in [0.717, 1.165) is 37.9 Å². The zero-order valence-corrected chi connectivity index (χ0v) is 37.8. The summed E-state index contributed by atoms with van der Waals surface area (Å²) >= 11 is 19.2. The number of amides is 1. The van der Waals surface area contributed by atoms with Crippen LogP contribution < -0.4 is 24.8 Å². The molecule has 1 amide bonds. The fourth-order valence-electron chi connectivity index (χ4n) is 7.48. The molecule has 1 unspecified atom stereocenters. The Morgan fingerprint density at radius 2 is 1.59 bits per heavy atom. The van der Waals surface area contributed by atoms with Crippen LogP contribution >= 0.6 is 46.1 Å². The van der Waals surface area contributed by atoms with Gasteiger partial charge < -0.3 is 30.0 Å². The molecule has 17 heteroatoms. The number of ether oxygens (including phenoxy) is 3. The highest BCUT2D eigenvalue weighted by molar-refractivity contribution is 7.91. The van der Waals surface area contributed by atoms with E-state index >= 15 is 0 Å². The predicted octanol–water partition coefficient (Wildman–Crippen LogP) is 9.53. The highest BCUT2D eigenvalue weighted by Gasteiger charge is 2.43. The van der Waals surface area contributed by atoms with Gasteiger partial charge in [-0.1, -0.05) is 101 Å². The molecule has 3 N–H and O–H groups in total. The molecule has 326 valence electrons. The van der Waals surface area contributed by atoms with Crippen LogP contribution in [0.3, 0.4) is 0 Å². The zero-order chi connectivity index (χ0) is 44.4. The Balaban J connectivity index is 1.02. The first-order valence-corrected chi connectivity index (χ1v) is 23.4. The van der Waals surface area contributed by atoms with Crippen molar-refractivity contribution in [1.82, 2.24) is 14.6 Å². The van der Waals surface area contributed by atoms with Crippen LogP contribution in [-0.4, -0.2) is 59.9 Å². The standard InChI is InChI=1S/C46H41Cl3N4O8S2/c1-3-50-46-51-26(2)45(62-46)63(57,58)53-23-33-22-41-40(60-25-42(61-41)31-11-15-35(16-12-31)59-24-28-6-17-36(48)37(49)18-28)21-32(33)20-39(53)43(54)52-38(44(55)56)19-27-4-7-29(8-5-27)30-9-13-34(47)14-10-30/h4-18,21-22,38-39,42H,3,19-20,23-25H2,1-2H3,(H,50,51)(H,52,54)(H,55,56)/t38?,39-,42+/m0/s1. The number of benzene rings is 5. The number of aromatic nitrogens is 1. The zero-order valence-electron chi connectivity index (χ0n) is 33.9. The summed E-state index contributed by atoms with van der Waals surface area (Å²) in [6, 6.07) is 28.3. The molecule has 63 heavy (non-hydrogen) atoms. The first-order valence-electron chi connectivity index (χ1n) is 20.0. The number of aryl methyl sites for hydroxylation is 1. The largest absolute Gasteiger partial charge is 0.489 e. The highest BCUT2D eigenvalue weighted by atomic mass is 35.5. The van der Waals surface area contributed by atoms with E-state index in [1.165, 1.54) is 0 Å². The molecule has 2 aliphatic heterocycles. The number of nitrogens with one attached hydrogen (secondary N) is 2. The SMILES string of the molecule is CCNc1nc(C)c(S(=O)(=O)N2Cc3cc4c(cc3C[C@H]2C(=O)NC(Cc2ccc(-c3ccc(Cl)cc3)cc2)C(=O)O)OC[C@H](c2ccc(OCc3ccc(Cl)c(Cl)c3)cc2)O4)s1. The van der Waals surface area contributed by atoms with Crippen molar-refractivity contribution in [3.05, 3.63) is 152 Å². The Bertz CT molecular complexity index is 2770. The van der Waals surface area contributed by atoms with Gasteiger partial charge in [-0.3, -0.25) is 4.79 Å². The smallest absolute Gasteiger partial charge is 0.326 e. The number of hydrogen-bond donors (Lipinski definition) is 3. The monoisotopic (exact) mass is 946 g/mol. The summed E-state index contributed by atoms with van der Waals surface area (Å²) in [5.74, 6) is -0.502. The molecule has 0 fully saturated rings. The Hall–Kier alpha value is -5.35. The van der Waals surface area contributed by atoms with E-state index in [9.17, 15) is 23.1 Å². The van der Waals surface area contributed by atoms with Gasteiger partial charge in [0.1, 0.15) is 31.0 Å². The van der Waals surface area contributed by atoms with Crippen LogP contribution in [0.25, 0.3) is 11.1 Å². The van der Waals surface area contributed by atoms with E-state index in [2.05, 4.69) is 15.6 Å². The van der Waals surface area contributed by atoms with Crippen molar-refractivity contribution in [2.24, 2.45) is 0 Å². The topological polar surface area (TPSA) is 156 Å². The fourth-order valence-corrected chi connectivity index (χ4v) is 11.1. The first-order chi connectivity index (χ1) is 30.2. The van der Waals surface area contributed by atoms with E-state index < -0.39 is 40.1 Å². The number of hydrogen-bond acceptors (Lipinski definition) is 10.